The number of fused-ring (bicyclic) bond motifs is 1. The van der Waals surface area contributed by atoms with E-state index in [0.717, 1.165) is 11.0 Å². The third-order valence-electron chi connectivity index (χ3n) is 3.73. The van der Waals surface area contributed by atoms with Crippen LogP contribution in [0.4, 0.5) is 11.4 Å². The van der Waals surface area contributed by atoms with Gasteiger partial charge >= 0.3 is 0 Å². The van der Waals surface area contributed by atoms with Gasteiger partial charge in [0.05, 0.1) is 6.20 Å². The number of amides is 2. The van der Waals surface area contributed by atoms with Crippen molar-refractivity contribution in [1.82, 2.24) is 4.57 Å². The van der Waals surface area contributed by atoms with Crippen LogP contribution in [0.1, 0.15) is 6.92 Å². The Kier molecular flexibility index (Phi) is 4.61. The molecule has 0 atom stereocenters. The van der Waals surface area contributed by atoms with E-state index in [0.29, 0.717) is 11.4 Å². The predicted molar refractivity (Wildman–Crippen MR) is 97.9 cm³/mol. The summed E-state index contributed by atoms with van der Waals surface area (Å²) < 4.78 is 3.75. The number of aromatic nitrogens is 2. The topological polar surface area (TPSA) is 67.0 Å². The maximum Gasteiger partial charge on any atom is 0.266 e. The van der Waals surface area contributed by atoms with E-state index in [9.17, 15) is 9.59 Å². The zero-order valence-electron chi connectivity index (χ0n) is 13.9. The molecular weight excluding hydrogens is 316 g/mol. The molecule has 1 aromatic heterocycles. The van der Waals surface area contributed by atoms with Gasteiger partial charge in [0.15, 0.2) is 17.6 Å². The lowest BCUT2D eigenvalue weighted by Crippen LogP contribution is -2.39. The largest absolute Gasteiger partial charge is 0.326 e. The summed E-state index contributed by atoms with van der Waals surface area (Å²) in [6.07, 6.45) is 3.55. The van der Waals surface area contributed by atoms with Gasteiger partial charge in [-0.15, -0.1) is 0 Å². The number of para-hydroxylation sites is 2. The normalized spacial score (nSPS) is 10.4. The van der Waals surface area contributed by atoms with Crippen molar-refractivity contribution in [1.29, 1.82) is 0 Å². The van der Waals surface area contributed by atoms with Gasteiger partial charge in [0, 0.05) is 18.3 Å². The summed E-state index contributed by atoms with van der Waals surface area (Å²) in [6, 6.07) is 14.8. The van der Waals surface area contributed by atoms with Crippen molar-refractivity contribution >= 4 is 40.4 Å². The SMILES string of the molecule is C=Cn1c[n+](CC(=O)Nc2ccc(NC(C)=O)cc2)c2ccccc21. The summed E-state index contributed by atoms with van der Waals surface area (Å²) >= 11 is 0. The molecule has 3 aromatic rings. The van der Waals surface area contributed by atoms with Gasteiger partial charge in [0.25, 0.3) is 5.91 Å². The number of rotatable bonds is 5. The van der Waals surface area contributed by atoms with Gasteiger partial charge in [-0.25, -0.2) is 9.13 Å². The zero-order chi connectivity index (χ0) is 17.8. The van der Waals surface area contributed by atoms with Gasteiger partial charge in [-0.05, 0) is 36.4 Å². The first-order chi connectivity index (χ1) is 12.1. The van der Waals surface area contributed by atoms with Crippen LogP contribution >= 0.6 is 0 Å². The van der Waals surface area contributed by atoms with Crippen LogP contribution in [0.25, 0.3) is 17.2 Å². The molecule has 0 fully saturated rings. The van der Waals surface area contributed by atoms with Crippen molar-refractivity contribution in [3.63, 3.8) is 0 Å². The number of imidazole rings is 1. The molecule has 1 heterocycles. The Morgan fingerprint density at radius 3 is 2.36 bits per heavy atom. The number of nitrogens with one attached hydrogen (secondary N) is 2. The summed E-state index contributed by atoms with van der Waals surface area (Å²) in [5, 5.41) is 5.54. The number of hydrogen-bond donors (Lipinski definition) is 2. The highest BCUT2D eigenvalue weighted by Gasteiger charge is 2.16. The van der Waals surface area contributed by atoms with Crippen LogP contribution in [0.3, 0.4) is 0 Å². The van der Waals surface area contributed by atoms with Crippen LogP contribution in [0.15, 0.2) is 61.4 Å². The van der Waals surface area contributed by atoms with Gasteiger partial charge in [-0.3, -0.25) is 9.59 Å². The fourth-order valence-electron chi connectivity index (χ4n) is 2.67. The lowest BCUT2D eigenvalue weighted by molar-refractivity contribution is -0.658. The molecule has 2 N–H and O–H groups in total. The maximum absolute atomic E-state index is 12.3. The zero-order valence-corrected chi connectivity index (χ0v) is 13.9. The molecule has 0 unspecified atom stereocenters. The lowest BCUT2D eigenvalue weighted by Gasteiger charge is -2.06. The average Bonchev–Trinajstić information content (AvgIpc) is 2.94. The number of anilines is 2. The minimum Gasteiger partial charge on any atom is -0.326 e. The Balaban J connectivity index is 1.73. The van der Waals surface area contributed by atoms with Crippen molar-refractivity contribution in [2.75, 3.05) is 10.6 Å². The first-order valence-corrected chi connectivity index (χ1v) is 7.86. The number of benzene rings is 2. The van der Waals surface area contributed by atoms with Crippen LogP contribution in [0, 0.1) is 0 Å². The average molecular weight is 335 g/mol. The van der Waals surface area contributed by atoms with Gasteiger partial charge in [0.1, 0.15) is 0 Å². The Labute approximate surface area is 145 Å². The first-order valence-electron chi connectivity index (χ1n) is 7.86. The highest BCUT2D eigenvalue weighted by molar-refractivity contribution is 5.91. The van der Waals surface area contributed by atoms with Crippen molar-refractivity contribution in [2.24, 2.45) is 0 Å². The second kappa shape index (κ2) is 7.00. The molecule has 0 radical (unpaired) electrons. The number of hydrogen-bond acceptors (Lipinski definition) is 2. The second-order valence-corrected chi connectivity index (χ2v) is 5.63. The molecule has 0 saturated heterocycles. The van der Waals surface area contributed by atoms with Gasteiger partial charge in [-0.2, -0.15) is 0 Å². The minimum atomic E-state index is -0.135. The second-order valence-electron chi connectivity index (χ2n) is 5.63. The van der Waals surface area contributed by atoms with Gasteiger partial charge in [0.2, 0.25) is 12.2 Å². The number of nitrogens with zero attached hydrogens (tertiary/aromatic N) is 2. The Hall–Kier alpha value is -3.41. The summed E-state index contributed by atoms with van der Waals surface area (Å²) in [5.41, 5.74) is 3.31. The summed E-state index contributed by atoms with van der Waals surface area (Å²) in [4.78, 5) is 23.4. The van der Waals surface area contributed by atoms with Crippen LogP contribution in [0.2, 0.25) is 0 Å². The smallest absolute Gasteiger partial charge is 0.266 e. The highest BCUT2D eigenvalue weighted by atomic mass is 16.2. The van der Waals surface area contributed by atoms with Crippen molar-refractivity contribution in [3.05, 3.63) is 61.4 Å². The summed E-state index contributed by atoms with van der Waals surface area (Å²) in [6.45, 7) is 5.43. The molecule has 0 aliphatic heterocycles. The number of carbonyl (C=O) groups is 2. The summed E-state index contributed by atoms with van der Waals surface area (Å²) in [7, 11) is 0. The molecule has 6 nitrogen and oxygen atoms in total. The maximum atomic E-state index is 12.3. The molecule has 0 aliphatic carbocycles. The van der Waals surface area contributed by atoms with Crippen LogP contribution < -0.4 is 15.2 Å². The first kappa shape index (κ1) is 16.4. The molecule has 3 rings (SSSR count). The molecule has 25 heavy (non-hydrogen) atoms. The lowest BCUT2D eigenvalue weighted by atomic mass is 10.2. The van der Waals surface area contributed by atoms with E-state index in [1.54, 1.807) is 30.5 Å². The standard InChI is InChI=1S/C19H18N4O2/c1-3-22-13-23(18-7-5-4-6-17(18)22)12-19(25)21-16-10-8-15(9-11-16)20-14(2)24/h3-11,13H,1,12H2,2H3,(H-,20,21,24,25)/p+1. The molecule has 2 aromatic carbocycles. The van der Waals surface area contributed by atoms with Crippen LogP contribution in [-0.2, 0) is 16.1 Å². The third-order valence-corrected chi connectivity index (χ3v) is 3.73. The quantitative estimate of drug-likeness (QED) is 0.704. The van der Waals surface area contributed by atoms with E-state index in [1.807, 2.05) is 39.7 Å². The van der Waals surface area contributed by atoms with Crippen molar-refractivity contribution in [3.8, 4) is 0 Å². The Morgan fingerprint density at radius 2 is 1.72 bits per heavy atom. The molecule has 126 valence electrons. The highest BCUT2D eigenvalue weighted by Crippen LogP contribution is 2.14. The fraction of sp³-hybridized carbons (Fsp3) is 0.105. The van der Waals surface area contributed by atoms with E-state index in [4.69, 9.17) is 0 Å². The minimum absolute atomic E-state index is 0.133. The van der Waals surface area contributed by atoms with Gasteiger partial charge in [-0.1, -0.05) is 18.7 Å². The van der Waals surface area contributed by atoms with E-state index >= 15 is 0 Å². The van der Waals surface area contributed by atoms with Crippen molar-refractivity contribution in [2.45, 2.75) is 13.5 Å². The van der Waals surface area contributed by atoms with E-state index < -0.39 is 0 Å². The molecule has 0 bridgehead atoms. The predicted octanol–water partition coefficient (Wildman–Crippen LogP) is 2.63. The Bertz CT molecular complexity index is 942. The van der Waals surface area contributed by atoms with Crippen LogP contribution in [-0.4, -0.2) is 16.4 Å². The van der Waals surface area contributed by atoms with Crippen LogP contribution in [0.5, 0.6) is 0 Å². The van der Waals surface area contributed by atoms with E-state index in [2.05, 4.69) is 17.2 Å². The van der Waals surface area contributed by atoms with Gasteiger partial charge < -0.3 is 10.6 Å². The molecule has 0 spiro atoms. The molecule has 6 heteroatoms. The summed E-state index contributed by atoms with van der Waals surface area (Å²) in [5.74, 6) is -0.268. The number of carbonyl (C=O) groups excluding carboxylic acids is 2. The molecular formula is C19H19N4O2+. The third kappa shape index (κ3) is 3.74. The molecule has 0 aliphatic rings. The van der Waals surface area contributed by atoms with E-state index in [1.165, 1.54) is 6.92 Å². The van der Waals surface area contributed by atoms with Crippen molar-refractivity contribution < 1.29 is 14.2 Å². The molecule has 2 amide bonds. The Morgan fingerprint density at radius 1 is 1.08 bits per heavy atom. The fourth-order valence-corrected chi connectivity index (χ4v) is 2.67. The molecule has 0 saturated carbocycles. The van der Waals surface area contributed by atoms with E-state index in [-0.39, 0.29) is 18.4 Å². The monoisotopic (exact) mass is 335 g/mol.